The maximum Gasteiger partial charge on any atom is 0.232 e. The first-order chi connectivity index (χ1) is 8.45. The summed E-state index contributed by atoms with van der Waals surface area (Å²) in [5.41, 5.74) is 1.75. The standard InChI is InChI=1S/C12H16BrN3O2/c1-4-16-9(11(13)8(3)14-16)6-15-10(17)5-7(2)12(15)18/h7H,4-6H2,1-3H3. The van der Waals surface area contributed by atoms with Gasteiger partial charge in [-0.2, -0.15) is 5.10 Å². The molecule has 1 fully saturated rings. The molecular formula is C12H16BrN3O2. The SMILES string of the molecule is CCn1nc(C)c(Br)c1CN1C(=O)CC(C)C1=O. The van der Waals surface area contributed by atoms with Gasteiger partial charge in [0.05, 0.1) is 22.4 Å². The number of halogens is 1. The fourth-order valence-electron chi connectivity index (χ4n) is 2.18. The first-order valence-electron chi connectivity index (χ1n) is 6.01. The van der Waals surface area contributed by atoms with Crippen LogP contribution in [0.2, 0.25) is 0 Å². The Morgan fingerprint density at radius 1 is 1.44 bits per heavy atom. The Morgan fingerprint density at radius 2 is 2.11 bits per heavy atom. The molecule has 1 aliphatic heterocycles. The molecule has 1 aliphatic rings. The van der Waals surface area contributed by atoms with Gasteiger partial charge in [-0.3, -0.25) is 19.2 Å². The third-order valence-electron chi connectivity index (χ3n) is 3.23. The molecule has 0 bridgehead atoms. The van der Waals surface area contributed by atoms with E-state index in [0.29, 0.717) is 19.5 Å². The molecule has 0 aliphatic carbocycles. The highest BCUT2D eigenvalue weighted by Crippen LogP contribution is 2.26. The van der Waals surface area contributed by atoms with Gasteiger partial charge in [0.1, 0.15) is 0 Å². The molecule has 2 rings (SSSR count). The van der Waals surface area contributed by atoms with Crippen molar-refractivity contribution in [1.29, 1.82) is 0 Å². The number of rotatable bonds is 3. The molecule has 0 N–H and O–H groups in total. The second-order valence-electron chi connectivity index (χ2n) is 4.59. The largest absolute Gasteiger partial charge is 0.276 e. The third kappa shape index (κ3) is 2.09. The van der Waals surface area contributed by atoms with Crippen LogP contribution in [0.1, 0.15) is 31.7 Å². The number of likely N-dealkylation sites (tertiary alicyclic amines) is 1. The smallest absolute Gasteiger partial charge is 0.232 e. The lowest BCUT2D eigenvalue weighted by Gasteiger charge is -2.15. The van der Waals surface area contributed by atoms with E-state index in [4.69, 9.17) is 0 Å². The average molecular weight is 314 g/mol. The predicted molar refractivity (Wildman–Crippen MR) is 69.7 cm³/mol. The van der Waals surface area contributed by atoms with Crippen LogP contribution in [0.3, 0.4) is 0 Å². The summed E-state index contributed by atoms with van der Waals surface area (Å²) in [7, 11) is 0. The zero-order valence-electron chi connectivity index (χ0n) is 10.7. The van der Waals surface area contributed by atoms with Gasteiger partial charge in [0.2, 0.25) is 11.8 Å². The van der Waals surface area contributed by atoms with Gasteiger partial charge in [0, 0.05) is 18.9 Å². The molecule has 1 atom stereocenters. The Labute approximate surface area is 114 Å². The van der Waals surface area contributed by atoms with E-state index in [1.54, 1.807) is 6.92 Å². The van der Waals surface area contributed by atoms with Crippen molar-refractivity contribution >= 4 is 27.7 Å². The Kier molecular flexibility index (Phi) is 3.56. The van der Waals surface area contributed by atoms with E-state index >= 15 is 0 Å². The molecule has 0 spiro atoms. The average Bonchev–Trinajstić information content (AvgIpc) is 2.73. The molecule has 1 saturated heterocycles. The van der Waals surface area contributed by atoms with Crippen molar-refractivity contribution in [1.82, 2.24) is 14.7 Å². The van der Waals surface area contributed by atoms with Gasteiger partial charge in [0.25, 0.3) is 0 Å². The summed E-state index contributed by atoms with van der Waals surface area (Å²) in [5.74, 6) is -0.385. The summed E-state index contributed by atoms with van der Waals surface area (Å²) in [5, 5.41) is 4.36. The van der Waals surface area contributed by atoms with E-state index in [1.807, 2.05) is 18.5 Å². The van der Waals surface area contributed by atoms with Crippen LogP contribution in [0.5, 0.6) is 0 Å². The van der Waals surface area contributed by atoms with E-state index in [1.165, 1.54) is 4.90 Å². The Hall–Kier alpha value is -1.17. The van der Waals surface area contributed by atoms with Gasteiger partial charge in [-0.15, -0.1) is 0 Å². The molecule has 0 aromatic carbocycles. The Bertz CT molecular complexity index is 510. The number of aryl methyl sites for hydroxylation is 2. The molecule has 0 radical (unpaired) electrons. The second-order valence-corrected chi connectivity index (χ2v) is 5.38. The summed E-state index contributed by atoms with van der Waals surface area (Å²) in [6.07, 6.45) is 0.315. The molecule has 98 valence electrons. The minimum atomic E-state index is -0.199. The zero-order valence-corrected chi connectivity index (χ0v) is 12.3. The van der Waals surface area contributed by atoms with Crippen molar-refractivity contribution in [2.75, 3.05) is 0 Å². The van der Waals surface area contributed by atoms with Crippen LogP contribution < -0.4 is 0 Å². The lowest BCUT2D eigenvalue weighted by Crippen LogP contribution is -2.30. The third-order valence-corrected chi connectivity index (χ3v) is 4.26. The summed E-state index contributed by atoms with van der Waals surface area (Å²) in [6, 6.07) is 0. The van der Waals surface area contributed by atoms with E-state index in [-0.39, 0.29) is 17.7 Å². The van der Waals surface area contributed by atoms with Crippen molar-refractivity contribution in [3.63, 3.8) is 0 Å². The van der Waals surface area contributed by atoms with Gasteiger partial charge in [0.15, 0.2) is 0 Å². The maximum absolute atomic E-state index is 11.9. The number of hydrogen-bond donors (Lipinski definition) is 0. The van der Waals surface area contributed by atoms with E-state index in [0.717, 1.165) is 15.9 Å². The second kappa shape index (κ2) is 4.84. The molecule has 5 nitrogen and oxygen atoms in total. The van der Waals surface area contributed by atoms with Crippen LogP contribution in [0.15, 0.2) is 4.47 Å². The lowest BCUT2D eigenvalue weighted by molar-refractivity contribution is -0.140. The number of amides is 2. The number of imide groups is 1. The molecule has 1 aromatic heterocycles. The Morgan fingerprint density at radius 3 is 2.61 bits per heavy atom. The van der Waals surface area contributed by atoms with Crippen molar-refractivity contribution in [3.8, 4) is 0 Å². The molecular weight excluding hydrogens is 298 g/mol. The summed E-state index contributed by atoms with van der Waals surface area (Å²) in [4.78, 5) is 25.0. The first-order valence-corrected chi connectivity index (χ1v) is 6.81. The van der Waals surface area contributed by atoms with Crippen molar-refractivity contribution in [2.24, 2.45) is 5.92 Å². The van der Waals surface area contributed by atoms with Crippen LogP contribution in [-0.2, 0) is 22.7 Å². The summed E-state index contributed by atoms with van der Waals surface area (Å²) < 4.78 is 2.70. The highest BCUT2D eigenvalue weighted by atomic mass is 79.9. The van der Waals surface area contributed by atoms with Gasteiger partial charge in [-0.25, -0.2) is 0 Å². The zero-order chi connectivity index (χ0) is 13.4. The van der Waals surface area contributed by atoms with E-state index in [9.17, 15) is 9.59 Å². The van der Waals surface area contributed by atoms with Gasteiger partial charge in [-0.1, -0.05) is 6.92 Å². The fourth-order valence-corrected chi connectivity index (χ4v) is 2.59. The van der Waals surface area contributed by atoms with Crippen LogP contribution in [0.25, 0.3) is 0 Å². The van der Waals surface area contributed by atoms with Gasteiger partial charge < -0.3 is 0 Å². The number of carbonyl (C=O) groups is 2. The van der Waals surface area contributed by atoms with Crippen LogP contribution in [-0.4, -0.2) is 26.5 Å². The molecule has 6 heteroatoms. The molecule has 1 aromatic rings. The number of aromatic nitrogens is 2. The lowest BCUT2D eigenvalue weighted by atomic mass is 10.1. The minimum Gasteiger partial charge on any atom is -0.276 e. The Balaban J connectivity index is 2.29. The number of hydrogen-bond acceptors (Lipinski definition) is 3. The summed E-state index contributed by atoms with van der Waals surface area (Å²) in [6.45, 7) is 6.69. The van der Waals surface area contributed by atoms with E-state index < -0.39 is 0 Å². The fraction of sp³-hybridized carbons (Fsp3) is 0.583. The molecule has 2 amide bonds. The van der Waals surface area contributed by atoms with E-state index in [2.05, 4.69) is 21.0 Å². The molecule has 0 saturated carbocycles. The predicted octanol–water partition coefficient (Wildman–Crippen LogP) is 1.87. The van der Waals surface area contributed by atoms with Crippen molar-refractivity contribution in [2.45, 2.75) is 40.3 Å². The van der Waals surface area contributed by atoms with Crippen molar-refractivity contribution < 1.29 is 9.59 Å². The summed E-state index contributed by atoms with van der Waals surface area (Å²) >= 11 is 3.47. The number of nitrogens with zero attached hydrogens (tertiary/aromatic N) is 3. The maximum atomic E-state index is 11.9. The molecule has 1 unspecified atom stereocenters. The van der Waals surface area contributed by atoms with Gasteiger partial charge in [-0.05, 0) is 29.8 Å². The first kappa shape index (κ1) is 13.3. The highest BCUT2D eigenvalue weighted by Gasteiger charge is 2.36. The normalized spacial score (nSPS) is 20.0. The van der Waals surface area contributed by atoms with Crippen molar-refractivity contribution in [3.05, 3.63) is 15.9 Å². The molecule has 18 heavy (non-hydrogen) atoms. The highest BCUT2D eigenvalue weighted by molar-refractivity contribution is 9.10. The minimum absolute atomic E-state index is 0.0894. The topological polar surface area (TPSA) is 55.2 Å². The monoisotopic (exact) mass is 313 g/mol. The van der Waals surface area contributed by atoms with Gasteiger partial charge >= 0.3 is 0 Å². The molecule has 2 heterocycles. The van der Waals surface area contributed by atoms with Crippen LogP contribution in [0.4, 0.5) is 0 Å². The van der Waals surface area contributed by atoms with Crippen LogP contribution in [0, 0.1) is 12.8 Å². The van der Waals surface area contributed by atoms with Crippen LogP contribution >= 0.6 is 15.9 Å². The quantitative estimate of drug-likeness (QED) is 0.800. The number of carbonyl (C=O) groups excluding carboxylic acids is 2.